The molecule has 0 spiro atoms. The average Bonchev–Trinajstić information content (AvgIpc) is 2.95. The van der Waals surface area contributed by atoms with Crippen molar-refractivity contribution in [2.24, 2.45) is 34.6 Å². The van der Waals surface area contributed by atoms with Crippen LogP contribution in [0.15, 0.2) is 68.3 Å². The molecular formula is C34H44N2O2. The average molecular weight is 513 g/mol. The molecule has 1 aromatic heterocycles. The molecule has 202 valence electrons. The van der Waals surface area contributed by atoms with Gasteiger partial charge in [-0.25, -0.2) is 4.79 Å². The lowest BCUT2D eigenvalue weighted by Gasteiger charge is -2.33. The Kier molecular flexibility index (Phi) is 8.07. The zero-order valence-electron chi connectivity index (χ0n) is 23.9. The monoisotopic (exact) mass is 512 g/mol. The predicted octanol–water partition coefficient (Wildman–Crippen LogP) is 8.43. The van der Waals surface area contributed by atoms with E-state index < -0.39 is 0 Å². The van der Waals surface area contributed by atoms with Crippen LogP contribution in [0.2, 0.25) is 0 Å². The third-order valence-corrected chi connectivity index (χ3v) is 9.30. The Morgan fingerprint density at radius 2 is 1.92 bits per heavy atom. The van der Waals surface area contributed by atoms with Crippen LogP contribution in [0.1, 0.15) is 78.7 Å². The molecule has 2 aliphatic heterocycles. The van der Waals surface area contributed by atoms with Gasteiger partial charge < -0.3 is 9.32 Å². The van der Waals surface area contributed by atoms with E-state index in [9.17, 15) is 4.79 Å². The Labute approximate surface area is 228 Å². The minimum Gasteiger partial charge on any atom is -0.422 e. The summed E-state index contributed by atoms with van der Waals surface area (Å²) in [7, 11) is 0. The summed E-state index contributed by atoms with van der Waals surface area (Å²) in [5.41, 5.74) is 5.37. The van der Waals surface area contributed by atoms with Crippen molar-refractivity contribution in [2.45, 2.75) is 73.1 Å². The molecule has 4 heteroatoms. The largest absolute Gasteiger partial charge is 0.422 e. The van der Waals surface area contributed by atoms with Gasteiger partial charge in [-0.05, 0) is 80.9 Å². The van der Waals surface area contributed by atoms with E-state index in [0.717, 1.165) is 54.5 Å². The zero-order valence-corrected chi connectivity index (χ0v) is 23.9. The molecule has 0 radical (unpaired) electrons. The number of allylic oxidation sites excluding steroid dienone is 5. The Balaban J connectivity index is 1.43. The Morgan fingerprint density at radius 3 is 2.74 bits per heavy atom. The Bertz CT molecular complexity index is 1340. The number of nitrogens with zero attached hydrogens (tertiary/aromatic N) is 2. The molecule has 5 unspecified atom stereocenters. The lowest BCUT2D eigenvalue weighted by atomic mass is 9.78. The molecule has 0 amide bonds. The van der Waals surface area contributed by atoms with E-state index in [1.807, 2.05) is 6.07 Å². The third-order valence-electron chi connectivity index (χ3n) is 9.30. The first-order valence-electron chi connectivity index (χ1n) is 14.8. The molecule has 1 saturated heterocycles. The molecule has 1 aromatic carbocycles. The third kappa shape index (κ3) is 5.60. The molecular weight excluding hydrogens is 468 g/mol. The van der Waals surface area contributed by atoms with Gasteiger partial charge in [0.1, 0.15) is 5.58 Å². The Morgan fingerprint density at radius 1 is 1.08 bits per heavy atom. The highest BCUT2D eigenvalue weighted by molar-refractivity contribution is 5.96. The number of benzene rings is 1. The Hall–Kier alpha value is -2.88. The van der Waals surface area contributed by atoms with E-state index >= 15 is 0 Å². The van der Waals surface area contributed by atoms with E-state index in [1.54, 1.807) is 0 Å². The summed E-state index contributed by atoms with van der Waals surface area (Å²) in [4.78, 5) is 20.9. The van der Waals surface area contributed by atoms with Gasteiger partial charge in [-0.1, -0.05) is 64.0 Å². The maximum Gasteiger partial charge on any atom is 0.345 e. The molecule has 3 aliphatic rings. The van der Waals surface area contributed by atoms with Gasteiger partial charge in [-0.2, -0.15) is 0 Å². The van der Waals surface area contributed by atoms with E-state index in [4.69, 9.17) is 9.41 Å². The molecule has 5 atom stereocenters. The number of rotatable bonds is 3. The summed E-state index contributed by atoms with van der Waals surface area (Å²) in [5, 5.41) is 0.953. The van der Waals surface area contributed by atoms with E-state index in [2.05, 4.69) is 82.0 Å². The van der Waals surface area contributed by atoms with Gasteiger partial charge in [0.15, 0.2) is 0 Å². The molecule has 1 fully saturated rings. The first-order chi connectivity index (χ1) is 18.3. The highest BCUT2D eigenvalue weighted by Crippen LogP contribution is 2.36. The SMILES string of the molecule is CCC1CCCN(c2ccc3cc(C4=CC(C)C5CC=C(C)C=CCC(C)C5=N4)c(=O)oc3c2)CCC1C. The van der Waals surface area contributed by atoms with Crippen LogP contribution < -0.4 is 10.5 Å². The van der Waals surface area contributed by atoms with Crippen molar-refractivity contribution in [1.82, 2.24) is 0 Å². The quantitative estimate of drug-likeness (QED) is 0.388. The van der Waals surface area contributed by atoms with Crippen molar-refractivity contribution in [3.63, 3.8) is 0 Å². The fourth-order valence-electron chi connectivity index (χ4n) is 6.69. The van der Waals surface area contributed by atoms with Crippen LogP contribution in [-0.4, -0.2) is 18.8 Å². The van der Waals surface area contributed by atoms with Crippen LogP contribution in [0.5, 0.6) is 0 Å². The van der Waals surface area contributed by atoms with Gasteiger partial charge in [0.05, 0.1) is 11.3 Å². The molecule has 5 rings (SSSR count). The second-order valence-electron chi connectivity index (χ2n) is 12.0. The van der Waals surface area contributed by atoms with Crippen LogP contribution in [0, 0.1) is 29.6 Å². The second kappa shape index (κ2) is 11.5. The predicted molar refractivity (Wildman–Crippen MR) is 161 cm³/mol. The first kappa shape index (κ1) is 26.7. The van der Waals surface area contributed by atoms with Crippen molar-refractivity contribution in [3.8, 4) is 0 Å². The van der Waals surface area contributed by atoms with Crippen molar-refractivity contribution in [3.05, 3.63) is 70.1 Å². The summed E-state index contributed by atoms with van der Waals surface area (Å²) in [6.07, 6.45) is 15.9. The topological polar surface area (TPSA) is 45.8 Å². The molecule has 3 heterocycles. The lowest BCUT2D eigenvalue weighted by Crippen LogP contribution is -2.31. The van der Waals surface area contributed by atoms with Gasteiger partial charge in [-0.15, -0.1) is 0 Å². The fraction of sp³-hybridized carbons (Fsp3) is 0.529. The van der Waals surface area contributed by atoms with E-state index in [0.29, 0.717) is 28.9 Å². The smallest absolute Gasteiger partial charge is 0.345 e. The van der Waals surface area contributed by atoms with Gasteiger partial charge in [0.2, 0.25) is 0 Å². The number of anilines is 1. The molecule has 1 aliphatic carbocycles. The van der Waals surface area contributed by atoms with E-state index in [-0.39, 0.29) is 5.63 Å². The van der Waals surface area contributed by atoms with Gasteiger partial charge >= 0.3 is 5.63 Å². The van der Waals surface area contributed by atoms with Crippen LogP contribution in [0.3, 0.4) is 0 Å². The zero-order chi connectivity index (χ0) is 26.8. The van der Waals surface area contributed by atoms with Crippen molar-refractivity contribution >= 4 is 28.1 Å². The second-order valence-corrected chi connectivity index (χ2v) is 12.0. The number of fused-ring (bicyclic) bond motifs is 2. The maximum atomic E-state index is 13.3. The van der Waals surface area contributed by atoms with Gasteiger partial charge in [-0.3, -0.25) is 4.99 Å². The molecule has 0 N–H and O–H groups in total. The molecule has 0 saturated carbocycles. The summed E-state index contributed by atoms with van der Waals surface area (Å²) in [5.74, 6) is 2.60. The van der Waals surface area contributed by atoms with Crippen LogP contribution in [-0.2, 0) is 0 Å². The maximum absolute atomic E-state index is 13.3. The standard InChI is InChI=1S/C34H44N2O2/c1-6-26-11-8-17-36(18-16-23(26)3)28-14-13-27-20-30(34(37)38-32(27)21-28)31-19-25(5)29-15-12-22(2)9-7-10-24(4)33(29)35-31/h7,9,12-14,19-21,23-26,29H,6,8,10-11,15-18H2,1-5H3. The molecule has 38 heavy (non-hydrogen) atoms. The van der Waals surface area contributed by atoms with Crippen LogP contribution >= 0.6 is 0 Å². The summed E-state index contributed by atoms with van der Waals surface area (Å²) >= 11 is 0. The van der Waals surface area contributed by atoms with Gasteiger partial charge in [0.25, 0.3) is 0 Å². The van der Waals surface area contributed by atoms with Crippen LogP contribution in [0.25, 0.3) is 16.7 Å². The van der Waals surface area contributed by atoms with Crippen molar-refractivity contribution in [2.75, 3.05) is 18.0 Å². The fourth-order valence-corrected chi connectivity index (χ4v) is 6.69. The highest BCUT2D eigenvalue weighted by atomic mass is 16.4. The lowest BCUT2D eigenvalue weighted by molar-refractivity contribution is 0.291. The molecule has 0 bridgehead atoms. The van der Waals surface area contributed by atoms with Crippen molar-refractivity contribution in [1.29, 1.82) is 0 Å². The van der Waals surface area contributed by atoms with Gasteiger partial charge in [0, 0.05) is 41.9 Å². The highest BCUT2D eigenvalue weighted by Gasteiger charge is 2.30. The number of hydrogen-bond donors (Lipinski definition) is 0. The summed E-state index contributed by atoms with van der Waals surface area (Å²) < 4.78 is 5.95. The first-order valence-corrected chi connectivity index (χ1v) is 14.8. The van der Waals surface area contributed by atoms with E-state index in [1.165, 1.54) is 37.0 Å². The summed E-state index contributed by atoms with van der Waals surface area (Å²) in [6, 6.07) is 8.35. The van der Waals surface area contributed by atoms with Crippen LogP contribution in [0.4, 0.5) is 5.69 Å². The minimum absolute atomic E-state index is 0.297. The number of aliphatic imine (C=N–C) groups is 1. The normalized spacial score (nSPS) is 28.7. The molecule has 4 nitrogen and oxygen atoms in total. The molecule has 2 aromatic rings. The number of hydrogen-bond acceptors (Lipinski definition) is 4. The minimum atomic E-state index is -0.297. The van der Waals surface area contributed by atoms with Crippen molar-refractivity contribution < 1.29 is 4.42 Å². The summed E-state index contributed by atoms with van der Waals surface area (Å²) in [6.45, 7) is 13.5.